The smallest absolute Gasteiger partial charge is 0.255 e. The highest BCUT2D eigenvalue weighted by molar-refractivity contribution is 7.07. The van der Waals surface area contributed by atoms with Crippen LogP contribution in [0.5, 0.6) is 0 Å². The minimum absolute atomic E-state index is 0.0417. The van der Waals surface area contributed by atoms with Crippen LogP contribution in [0.3, 0.4) is 0 Å². The van der Waals surface area contributed by atoms with Crippen LogP contribution in [0.1, 0.15) is 42.1 Å². The van der Waals surface area contributed by atoms with Gasteiger partial charge in [-0.15, -0.1) is 0 Å². The molecule has 1 saturated carbocycles. The predicted octanol–water partition coefficient (Wildman–Crippen LogP) is 2.48. The molecular formula is C20H23N3O3S. The minimum Gasteiger partial charge on any atom is -0.339 e. The zero-order valence-electron chi connectivity index (χ0n) is 15.3. The molecule has 1 N–H and O–H groups in total. The van der Waals surface area contributed by atoms with Gasteiger partial charge in [0.1, 0.15) is 0 Å². The molecule has 0 bridgehead atoms. The van der Waals surface area contributed by atoms with E-state index in [2.05, 4.69) is 16.4 Å². The van der Waals surface area contributed by atoms with E-state index in [4.69, 9.17) is 0 Å². The Labute approximate surface area is 161 Å². The van der Waals surface area contributed by atoms with Crippen molar-refractivity contribution in [2.45, 2.75) is 38.8 Å². The molecule has 2 aromatic heterocycles. The van der Waals surface area contributed by atoms with Gasteiger partial charge in [0.05, 0.1) is 5.56 Å². The van der Waals surface area contributed by atoms with E-state index in [9.17, 15) is 14.4 Å². The highest BCUT2D eigenvalue weighted by Crippen LogP contribution is 2.57. The maximum atomic E-state index is 12.6. The maximum absolute atomic E-state index is 12.6. The third kappa shape index (κ3) is 3.56. The van der Waals surface area contributed by atoms with Gasteiger partial charge >= 0.3 is 0 Å². The lowest BCUT2D eigenvalue weighted by Crippen LogP contribution is -2.42. The molecule has 1 aliphatic heterocycles. The van der Waals surface area contributed by atoms with Crippen LogP contribution in [-0.4, -0.2) is 45.7 Å². The molecule has 142 valence electrons. The number of rotatable bonds is 4. The standard InChI is InChI=1S/C20H23N3O3S/c1-14(24)23(12-15-4-9-27-13-15)17-10-20(17)5-7-22(8-6-20)19(26)16-2-3-18(25)21-11-16/h2-4,9,11,13,17H,5-8,10,12H2,1H3,(H,21,25). The maximum Gasteiger partial charge on any atom is 0.255 e. The number of hydrogen-bond donors (Lipinski definition) is 1. The summed E-state index contributed by atoms with van der Waals surface area (Å²) < 4.78 is 0. The molecule has 1 spiro atoms. The quantitative estimate of drug-likeness (QED) is 0.879. The van der Waals surface area contributed by atoms with Crippen molar-refractivity contribution in [3.05, 3.63) is 56.6 Å². The largest absolute Gasteiger partial charge is 0.339 e. The predicted molar refractivity (Wildman–Crippen MR) is 104 cm³/mol. The Morgan fingerprint density at radius 3 is 2.67 bits per heavy atom. The third-order valence-electron chi connectivity index (χ3n) is 5.94. The average molecular weight is 385 g/mol. The monoisotopic (exact) mass is 385 g/mol. The SMILES string of the molecule is CC(=O)N(Cc1ccsc1)C1CC12CCN(C(=O)c1ccc(=O)[nH]c1)CC2. The van der Waals surface area contributed by atoms with Crippen molar-refractivity contribution in [1.82, 2.24) is 14.8 Å². The Morgan fingerprint density at radius 1 is 1.30 bits per heavy atom. The second kappa shape index (κ2) is 6.96. The summed E-state index contributed by atoms with van der Waals surface area (Å²) in [6.45, 7) is 3.70. The summed E-state index contributed by atoms with van der Waals surface area (Å²) in [4.78, 5) is 42.4. The summed E-state index contributed by atoms with van der Waals surface area (Å²) in [7, 11) is 0. The second-order valence-corrected chi connectivity index (χ2v) is 8.37. The molecule has 1 aliphatic carbocycles. The van der Waals surface area contributed by atoms with Gasteiger partial charge in [0.15, 0.2) is 0 Å². The fourth-order valence-electron chi connectivity index (χ4n) is 4.21. The van der Waals surface area contributed by atoms with Gasteiger partial charge in [-0.1, -0.05) is 0 Å². The van der Waals surface area contributed by atoms with Gasteiger partial charge in [-0.05, 0) is 53.1 Å². The summed E-state index contributed by atoms with van der Waals surface area (Å²) in [5, 5.41) is 4.13. The van der Waals surface area contributed by atoms with Crippen LogP contribution in [0, 0.1) is 5.41 Å². The fraction of sp³-hybridized carbons (Fsp3) is 0.450. The molecule has 1 unspecified atom stereocenters. The zero-order valence-corrected chi connectivity index (χ0v) is 16.1. The summed E-state index contributed by atoms with van der Waals surface area (Å²) in [5.41, 5.74) is 1.65. The van der Waals surface area contributed by atoms with E-state index >= 15 is 0 Å². The number of aromatic nitrogens is 1. The van der Waals surface area contributed by atoms with Crippen LogP contribution in [0.2, 0.25) is 0 Å². The first-order valence-corrected chi connectivity index (χ1v) is 10.2. The van der Waals surface area contributed by atoms with Gasteiger partial charge in [0.2, 0.25) is 11.5 Å². The highest BCUT2D eigenvalue weighted by atomic mass is 32.1. The van der Waals surface area contributed by atoms with Gasteiger partial charge in [-0.25, -0.2) is 0 Å². The first-order chi connectivity index (χ1) is 13.0. The molecule has 1 atom stereocenters. The molecule has 2 aromatic rings. The number of nitrogens with one attached hydrogen (secondary N) is 1. The van der Waals surface area contributed by atoms with Gasteiger partial charge in [0, 0.05) is 44.9 Å². The number of carbonyl (C=O) groups excluding carboxylic acids is 2. The van der Waals surface area contributed by atoms with Crippen LogP contribution in [0.4, 0.5) is 0 Å². The Hall–Kier alpha value is -2.41. The number of hydrogen-bond acceptors (Lipinski definition) is 4. The van der Waals surface area contributed by atoms with E-state index < -0.39 is 0 Å². The number of aromatic amines is 1. The topological polar surface area (TPSA) is 73.5 Å². The second-order valence-electron chi connectivity index (χ2n) is 7.59. The molecule has 2 amide bonds. The van der Waals surface area contributed by atoms with Crippen LogP contribution in [0.15, 0.2) is 40.0 Å². The van der Waals surface area contributed by atoms with E-state index in [1.807, 2.05) is 15.2 Å². The molecule has 27 heavy (non-hydrogen) atoms. The Morgan fingerprint density at radius 2 is 2.07 bits per heavy atom. The van der Waals surface area contributed by atoms with Gasteiger partial charge in [-0.3, -0.25) is 14.4 Å². The number of piperidine rings is 1. The van der Waals surface area contributed by atoms with Crippen molar-refractivity contribution in [2.75, 3.05) is 13.1 Å². The summed E-state index contributed by atoms with van der Waals surface area (Å²) >= 11 is 1.65. The van der Waals surface area contributed by atoms with E-state index in [-0.39, 0.29) is 28.8 Å². The summed E-state index contributed by atoms with van der Waals surface area (Å²) in [6, 6.07) is 5.30. The Bertz CT molecular complexity index is 877. The Kier molecular flexibility index (Phi) is 4.63. The molecule has 6 nitrogen and oxygen atoms in total. The molecule has 7 heteroatoms. The molecule has 0 radical (unpaired) electrons. The average Bonchev–Trinajstić information content (AvgIpc) is 3.09. The summed E-state index contributed by atoms with van der Waals surface area (Å²) in [5.74, 6) is 0.0785. The lowest BCUT2D eigenvalue weighted by Gasteiger charge is -2.34. The van der Waals surface area contributed by atoms with Crippen LogP contribution >= 0.6 is 11.3 Å². The highest BCUT2D eigenvalue weighted by Gasteiger charge is 2.58. The van der Waals surface area contributed by atoms with E-state index in [0.717, 1.165) is 19.3 Å². The van der Waals surface area contributed by atoms with Crippen LogP contribution < -0.4 is 5.56 Å². The number of amides is 2. The molecule has 3 heterocycles. The van der Waals surface area contributed by atoms with Gasteiger partial charge in [-0.2, -0.15) is 11.3 Å². The Balaban J connectivity index is 1.39. The van der Waals surface area contributed by atoms with Crippen molar-refractivity contribution in [1.29, 1.82) is 0 Å². The number of pyridine rings is 1. The van der Waals surface area contributed by atoms with Crippen molar-refractivity contribution in [2.24, 2.45) is 5.41 Å². The molecular weight excluding hydrogens is 362 g/mol. The zero-order chi connectivity index (χ0) is 19.0. The lowest BCUT2D eigenvalue weighted by atomic mass is 9.92. The van der Waals surface area contributed by atoms with E-state index in [0.29, 0.717) is 25.2 Å². The lowest BCUT2D eigenvalue weighted by molar-refractivity contribution is -0.130. The molecule has 2 fully saturated rings. The van der Waals surface area contributed by atoms with Crippen molar-refractivity contribution in [3.8, 4) is 0 Å². The van der Waals surface area contributed by atoms with Crippen LogP contribution in [0.25, 0.3) is 0 Å². The molecule has 0 aromatic carbocycles. The van der Waals surface area contributed by atoms with Gasteiger partial charge in [0.25, 0.3) is 5.91 Å². The van der Waals surface area contributed by atoms with Crippen LogP contribution in [-0.2, 0) is 11.3 Å². The number of carbonyl (C=O) groups is 2. The van der Waals surface area contributed by atoms with Gasteiger partial charge < -0.3 is 14.8 Å². The number of H-pyrrole nitrogens is 1. The molecule has 1 saturated heterocycles. The van der Waals surface area contributed by atoms with E-state index in [1.54, 1.807) is 24.3 Å². The normalized spacial score (nSPS) is 20.5. The number of nitrogens with zero attached hydrogens (tertiary/aromatic N) is 2. The molecule has 2 aliphatic rings. The van der Waals surface area contributed by atoms with Crippen molar-refractivity contribution >= 4 is 23.2 Å². The molecule has 4 rings (SSSR count). The first-order valence-electron chi connectivity index (χ1n) is 9.25. The first kappa shape index (κ1) is 18.0. The van der Waals surface area contributed by atoms with Crippen molar-refractivity contribution < 1.29 is 9.59 Å². The minimum atomic E-state index is -0.208. The number of likely N-dealkylation sites (tertiary alicyclic amines) is 1. The third-order valence-corrected chi connectivity index (χ3v) is 6.67. The summed E-state index contributed by atoms with van der Waals surface area (Å²) in [6.07, 6.45) is 4.34. The van der Waals surface area contributed by atoms with Crippen molar-refractivity contribution in [3.63, 3.8) is 0 Å². The number of thiophene rings is 1. The fourth-order valence-corrected chi connectivity index (χ4v) is 4.87. The van der Waals surface area contributed by atoms with E-state index in [1.165, 1.54) is 17.8 Å².